The minimum absolute atomic E-state index is 0.179. The largest absolute Gasteiger partial charge is 0.330 e. The van der Waals surface area contributed by atoms with Crippen LogP contribution < -0.4 is 5.73 Å². The molecule has 0 saturated carbocycles. The highest BCUT2D eigenvalue weighted by Crippen LogP contribution is 2.26. The normalized spacial score (nSPS) is 11.7. The third-order valence-electron chi connectivity index (χ3n) is 2.76. The zero-order valence-electron chi connectivity index (χ0n) is 10.0. The van der Waals surface area contributed by atoms with E-state index in [4.69, 9.17) is 5.73 Å². The second-order valence-corrected chi connectivity index (χ2v) is 5.86. The van der Waals surface area contributed by atoms with Gasteiger partial charge in [-0.3, -0.25) is 9.78 Å². The Morgan fingerprint density at radius 3 is 2.81 bits per heavy atom. The van der Waals surface area contributed by atoms with Gasteiger partial charge < -0.3 is 5.73 Å². The van der Waals surface area contributed by atoms with Crippen LogP contribution in [-0.4, -0.2) is 17.3 Å². The van der Waals surface area contributed by atoms with E-state index < -0.39 is 0 Å². The number of Topliss-reactive ketones (excluding diaryl/α,β-unsaturated/α-hetero) is 1. The second kappa shape index (κ2) is 6.11. The van der Waals surface area contributed by atoms with E-state index in [2.05, 4.69) is 18.8 Å². The lowest BCUT2D eigenvalue weighted by molar-refractivity contribution is -0.118. The summed E-state index contributed by atoms with van der Waals surface area (Å²) in [5, 5.41) is 0. The van der Waals surface area contributed by atoms with Crippen molar-refractivity contribution < 1.29 is 4.79 Å². The van der Waals surface area contributed by atoms with Crippen molar-refractivity contribution in [1.82, 2.24) is 4.98 Å². The Bertz CT molecular complexity index is 320. The molecule has 0 aliphatic carbocycles. The lowest BCUT2D eigenvalue weighted by Crippen LogP contribution is -2.18. The van der Waals surface area contributed by atoms with Crippen molar-refractivity contribution in [3.63, 3.8) is 0 Å². The number of ketones is 1. The first-order valence-electron chi connectivity index (χ1n) is 5.63. The third-order valence-corrected chi connectivity index (χ3v) is 3.54. The van der Waals surface area contributed by atoms with E-state index in [1.807, 2.05) is 0 Å². The van der Waals surface area contributed by atoms with E-state index in [0.717, 1.165) is 17.7 Å². The highest BCUT2D eigenvalue weighted by molar-refractivity contribution is 7.09. The van der Waals surface area contributed by atoms with Gasteiger partial charge in [0, 0.05) is 23.9 Å². The number of nitrogens with zero attached hydrogens (tertiary/aromatic N) is 1. The molecule has 4 heteroatoms. The first kappa shape index (κ1) is 13.3. The average molecular weight is 240 g/mol. The molecule has 0 amide bonds. The van der Waals surface area contributed by atoms with Crippen LogP contribution in [0.2, 0.25) is 0 Å². The topological polar surface area (TPSA) is 56.0 Å². The maximum Gasteiger partial charge on any atom is 0.138 e. The highest BCUT2D eigenvalue weighted by Gasteiger charge is 2.18. The quantitative estimate of drug-likeness (QED) is 0.796. The monoisotopic (exact) mass is 240 g/mol. The van der Waals surface area contributed by atoms with Gasteiger partial charge in [-0.05, 0) is 24.8 Å². The van der Waals surface area contributed by atoms with Gasteiger partial charge in [0.2, 0.25) is 0 Å². The van der Waals surface area contributed by atoms with Crippen LogP contribution in [0, 0.1) is 5.41 Å². The van der Waals surface area contributed by atoms with E-state index in [0.29, 0.717) is 25.2 Å². The first-order chi connectivity index (χ1) is 7.53. The number of hydrogen-bond acceptors (Lipinski definition) is 4. The molecular formula is C12H20N2OS. The Labute approximate surface area is 101 Å². The zero-order chi connectivity index (χ0) is 12.0. The van der Waals surface area contributed by atoms with Crippen molar-refractivity contribution in [2.24, 2.45) is 11.1 Å². The Morgan fingerprint density at radius 1 is 1.50 bits per heavy atom. The van der Waals surface area contributed by atoms with Gasteiger partial charge in [-0.2, -0.15) is 0 Å². The number of thiazole rings is 1. The van der Waals surface area contributed by atoms with Gasteiger partial charge in [-0.15, -0.1) is 11.3 Å². The third kappa shape index (κ3) is 4.86. The molecule has 0 fully saturated rings. The van der Waals surface area contributed by atoms with Crippen molar-refractivity contribution in [2.45, 2.75) is 39.5 Å². The second-order valence-electron chi connectivity index (χ2n) is 4.89. The van der Waals surface area contributed by atoms with Crippen molar-refractivity contribution in [3.8, 4) is 0 Å². The molecule has 0 bridgehead atoms. The van der Waals surface area contributed by atoms with Gasteiger partial charge in [-0.1, -0.05) is 13.8 Å². The summed E-state index contributed by atoms with van der Waals surface area (Å²) in [5.74, 6) is 0.300. The molecule has 1 aromatic rings. The first-order valence-corrected chi connectivity index (χ1v) is 6.50. The van der Waals surface area contributed by atoms with E-state index in [1.165, 1.54) is 0 Å². The van der Waals surface area contributed by atoms with Crippen LogP contribution >= 0.6 is 11.3 Å². The van der Waals surface area contributed by atoms with Crippen LogP contribution in [0.1, 0.15) is 38.0 Å². The summed E-state index contributed by atoms with van der Waals surface area (Å²) < 4.78 is 0. The number of rotatable bonds is 7. The smallest absolute Gasteiger partial charge is 0.138 e. The molecular weight excluding hydrogens is 220 g/mol. The Balaban J connectivity index is 2.30. The Kier molecular flexibility index (Phi) is 5.09. The molecule has 1 rings (SSSR count). The molecule has 16 heavy (non-hydrogen) atoms. The Morgan fingerprint density at radius 2 is 2.25 bits per heavy atom. The summed E-state index contributed by atoms with van der Waals surface area (Å²) in [5.41, 5.74) is 7.48. The average Bonchev–Trinajstić information content (AvgIpc) is 2.68. The number of carbonyl (C=O) groups is 1. The van der Waals surface area contributed by atoms with Crippen LogP contribution in [0.5, 0.6) is 0 Å². The van der Waals surface area contributed by atoms with Gasteiger partial charge in [0.15, 0.2) is 0 Å². The van der Waals surface area contributed by atoms with E-state index in [1.54, 1.807) is 23.0 Å². The van der Waals surface area contributed by atoms with E-state index >= 15 is 0 Å². The predicted octanol–water partition coefficient (Wildman–Crippen LogP) is 2.41. The minimum Gasteiger partial charge on any atom is -0.330 e. The number of aromatic nitrogens is 1. The molecule has 1 heterocycles. The molecule has 0 radical (unpaired) electrons. The molecule has 0 spiro atoms. The van der Waals surface area contributed by atoms with Gasteiger partial charge in [0.05, 0.1) is 5.51 Å². The summed E-state index contributed by atoms with van der Waals surface area (Å²) in [6.45, 7) is 5.02. The molecule has 2 N–H and O–H groups in total. The standard InChI is InChI=1S/C12H20N2OS/c1-12(2,5-6-13)4-3-10(15)7-11-8-14-9-16-11/h8-9H,3-7,13H2,1-2H3. The summed E-state index contributed by atoms with van der Waals surface area (Å²) in [6, 6.07) is 0. The maximum atomic E-state index is 11.7. The van der Waals surface area contributed by atoms with Gasteiger partial charge in [-0.25, -0.2) is 0 Å². The zero-order valence-corrected chi connectivity index (χ0v) is 10.8. The van der Waals surface area contributed by atoms with Crippen LogP contribution in [0.4, 0.5) is 0 Å². The number of hydrogen-bond donors (Lipinski definition) is 1. The fourth-order valence-corrected chi connectivity index (χ4v) is 2.23. The lowest BCUT2D eigenvalue weighted by atomic mass is 9.83. The number of nitrogens with two attached hydrogens (primary N) is 1. The Hall–Kier alpha value is -0.740. The van der Waals surface area contributed by atoms with Crippen LogP contribution in [0.15, 0.2) is 11.7 Å². The van der Waals surface area contributed by atoms with Gasteiger partial charge >= 0.3 is 0 Å². The van der Waals surface area contributed by atoms with Crippen LogP contribution in [0.25, 0.3) is 0 Å². The van der Waals surface area contributed by atoms with Crippen molar-refractivity contribution >= 4 is 17.1 Å². The van der Waals surface area contributed by atoms with Crippen LogP contribution in [0.3, 0.4) is 0 Å². The molecule has 0 unspecified atom stereocenters. The molecule has 3 nitrogen and oxygen atoms in total. The minimum atomic E-state index is 0.179. The van der Waals surface area contributed by atoms with Crippen molar-refractivity contribution in [3.05, 3.63) is 16.6 Å². The molecule has 0 aromatic carbocycles. The SMILES string of the molecule is CC(C)(CCN)CCC(=O)Cc1cncs1. The predicted molar refractivity (Wildman–Crippen MR) is 67.5 cm³/mol. The fourth-order valence-electron chi connectivity index (χ4n) is 1.61. The molecule has 0 atom stereocenters. The number of carbonyl (C=O) groups excluding carboxylic acids is 1. The van der Waals surface area contributed by atoms with Gasteiger partial charge in [0.1, 0.15) is 5.78 Å². The highest BCUT2D eigenvalue weighted by atomic mass is 32.1. The summed E-state index contributed by atoms with van der Waals surface area (Å²) in [7, 11) is 0. The van der Waals surface area contributed by atoms with Crippen LogP contribution in [-0.2, 0) is 11.2 Å². The van der Waals surface area contributed by atoms with Gasteiger partial charge in [0.25, 0.3) is 0 Å². The molecule has 0 saturated heterocycles. The lowest BCUT2D eigenvalue weighted by Gasteiger charge is -2.23. The molecule has 0 aliphatic heterocycles. The fraction of sp³-hybridized carbons (Fsp3) is 0.667. The summed E-state index contributed by atoms with van der Waals surface area (Å²) >= 11 is 1.54. The van der Waals surface area contributed by atoms with Crippen molar-refractivity contribution in [2.75, 3.05) is 6.54 Å². The summed E-state index contributed by atoms with van der Waals surface area (Å²) in [4.78, 5) is 16.7. The van der Waals surface area contributed by atoms with Crippen molar-refractivity contribution in [1.29, 1.82) is 0 Å². The summed E-state index contributed by atoms with van der Waals surface area (Å²) in [6.07, 6.45) is 4.84. The maximum absolute atomic E-state index is 11.7. The van der Waals surface area contributed by atoms with E-state index in [-0.39, 0.29) is 5.41 Å². The molecule has 1 aromatic heterocycles. The molecule has 90 valence electrons. The van der Waals surface area contributed by atoms with E-state index in [9.17, 15) is 4.79 Å². The molecule has 0 aliphatic rings.